The van der Waals surface area contributed by atoms with Gasteiger partial charge in [0.15, 0.2) is 5.01 Å². The van der Waals surface area contributed by atoms with Crippen LogP contribution in [0.3, 0.4) is 0 Å². The number of aromatic nitrogens is 1. The quantitative estimate of drug-likeness (QED) is 0.302. The van der Waals surface area contributed by atoms with Gasteiger partial charge < -0.3 is 10.1 Å². The first-order chi connectivity index (χ1) is 14.8. The Morgan fingerprint density at radius 1 is 1.12 bits per heavy atom. The van der Waals surface area contributed by atoms with Crippen LogP contribution in [0, 0.1) is 10.1 Å². The van der Waals surface area contributed by atoms with Crippen molar-refractivity contribution in [3.05, 3.63) is 62.6 Å². The zero-order chi connectivity index (χ0) is 23.7. The Hall–Kier alpha value is -3.42. The largest absolute Gasteiger partial charge is 0.573 e. The van der Waals surface area contributed by atoms with Gasteiger partial charge in [0.2, 0.25) is 0 Å². The van der Waals surface area contributed by atoms with Crippen molar-refractivity contribution >= 4 is 33.1 Å². The molecule has 0 saturated heterocycles. The summed E-state index contributed by atoms with van der Waals surface area (Å²) in [6, 6.07) is 5.96. The lowest BCUT2D eigenvalue weighted by Gasteiger charge is -2.09. The molecule has 0 unspecified atom stereocenters. The predicted octanol–water partition coefficient (Wildman–Crippen LogP) is 5.09. The molecular formula is C18H11F6N3O4S. The Kier molecular flexibility index (Phi) is 6.25. The molecule has 0 fully saturated rings. The van der Waals surface area contributed by atoms with Gasteiger partial charge in [-0.3, -0.25) is 14.9 Å². The first-order valence-corrected chi connectivity index (χ1v) is 9.44. The fraction of sp³-hybridized carbons (Fsp3) is 0.222. The molecule has 14 heteroatoms. The number of nitro benzene ring substituents is 1. The molecule has 7 nitrogen and oxygen atoms in total. The molecule has 2 aromatic carbocycles. The van der Waals surface area contributed by atoms with E-state index < -0.39 is 40.4 Å². The average molecular weight is 479 g/mol. The summed E-state index contributed by atoms with van der Waals surface area (Å²) in [5, 5.41) is 13.3. The molecule has 0 atom stereocenters. The first-order valence-electron chi connectivity index (χ1n) is 8.62. The van der Waals surface area contributed by atoms with Gasteiger partial charge in [-0.15, -0.1) is 24.5 Å². The van der Waals surface area contributed by atoms with E-state index in [0.29, 0.717) is 29.0 Å². The number of alkyl halides is 6. The maximum Gasteiger partial charge on any atom is 0.573 e. The molecule has 1 heterocycles. The van der Waals surface area contributed by atoms with Crippen LogP contribution in [0.15, 0.2) is 36.4 Å². The SMILES string of the molecule is O=C(NCCc1ccc(OC(F)(F)F)cc1)c1nc2cc(C(F)(F)F)cc([N+](=O)[O-])c2s1. The lowest BCUT2D eigenvalue weighted by atomic mass is 10.1. The average Bonchev–Trinajstić information content (AvgIpc) is 3.11. The minimum Gasteiger partial charge on any atom is -0.406 e. The normalized spacial score (nSPS) is 12.1. The number of amides is 1. The third-order valence-corrected chi connectivity index (χ3v) is 5.14. The van der Waals surface area contributed by atoms with Crippen LogP contribution in [0.2, 0.25) is 0 Å². The topological polar surface area (TPSA) is 94.4 Å². The van der Waals surface area contributed by atoms with E-state index in [0.717, 1.165) is 12.1 Å². The van der Waals surface area contributed by atoms with Gasteiger partial charge in [0, 0.05) is 12.6 Å². The zero-order valence-electron chi connectivity index (χ0n) is 15.6. The molecule has 1 N–H and O–H groups in total. The van der Waals surface area contributed by atoms with Crippen molar-refractivity contribution in [1.29, 1.82) is 0 Å². The van der Waals surface area contributed by atoms with Crippen LogP contribution >= 0.6 is 11.3 Å². The smallest absolute Gasteiger partial charge is 0.406 e. The molecule has 3 rings (SSSR count). The highest BCUT2D eigenvalue weighted by atomic mass is 32.1. The van der Waals surface area contributed by atoms with Crippen molar-refractivity contribution in [3.8, 4) is 5.75 Å². The zero-order valence-corrected chi connectivity index (χ0v) is 16.4. The van der Waals surface area contributed by atoms with Crippen LogP contribution in [0.4, 0.5) is 32.0 Å². The standard InChI is InChI=1S/C18H11F6N3O4S/c19-17(20,21)10-7-12-14(13(8-10)27(29)30)32-16(26-12)15(28)25-6-5-9-1-3-11(4-2-9)31-18(22,23)24/h1-4,7-8H,5-6H2,(H,25,28). The molecule has 32 heavy (non-hydrogen) atoms. The van der Waals surface area contributed by atoms with Gasteiger partial charge >= 0.3 is 12.5 Å². The van der Waals surface area contributed by atoms with Crippen LogP contribution in [-0.2, 0) is 12.6 Å². The van der Waals surface area contributed by atoms with E-state index in [1.54, 1.807) is 0 Å². The van der Waals surface area contributed by atoms with Crippen molar-refractivity contribution in [2.24, 2.45) is 0 Å². The van der Waals surface area contributed by atoms with Gasteiger partial charge in [0.25, 0.3) is 11.6 Å². The number of nitrogens with one attached hydrogen (secondary N) is 1. The van der Waals surface area contributed by atoms with Gasteiger partial charge in [-0.2, -0.15) is 13.2 Å². The predicted molar refractivity (Wildman–Crippen MR) is 100 cm³/mol. The Bertz CT molecular complexity index is 1160. The Labute approximate surface area is 178 Å². The number of carbonyl (C=O) groups is 1. The number of ether oxygens (including phenoxy) is 1. The van der Waals surface area contributed by atoms with Crippen molar-refractivity contribution < 1.29 is 40.8 Å². The monoisotopic (exact) mass is 479 g/mol. The minimum absolute atomic E-state index is 0.0319. The number of benzene rings is 2. The van der Waals surface area contributed by atoms with Crippen LogP contribution in [-0.4, -0.2) is 28.7 Å². The van der Waals surface area contributed by atoms with E-state index in [4.69, 9.17) is 0 Å². The molecule has 0 radical (unpaired) electrons. The van der Waals surface area contributed by atoms with Crippen molar-refractivity contribution in [2.75, 3.05) is 6.54 Å². The van der Waals surface area contributed by atoms with Gasteiger partial charge in [0.05, 0.1) is 16.0 Å². The van der Waals surface area contributed by atoms with E-state index in [1.165, 1.54) is 12.1 Å². The number of hydrogen-bond donors (Lipinski definition) is 1. The summed E-state index contributed by atoms with van der Waals surface area (Å²) >= 11 is 0.578. The van der Waals surface area contributed by atoms with Crippen molar-refractivity contribution in [1.82, 2.24) is 10.3 Å². The molecule has 0 aliphatic rings. The van der Waals surface area contributed by atoms with E-state index in [2.05, 4.69) is 15.0 Å². The molecule has 1 aromatic heterocycles. The second kappa shape index (κ2) is 8.61. The highest BCUT2D eigenvalue weighted by Gasteiger charge is 2.34. The van der Waals surface area contributed by atoms with Gasteiger partial charge in [-0.25, -0.2) is 4.98 Å². The summed E-state index contributed by atoms with van der Waals surface area (Å²) < 4.78 is 78.9. The molecule has 0 aliphatic heterocycles. The van der Waals surface area contributed by atoms with Gasteiger partial charge in [0.1, 0.15) is 10.4 Å². The highest BCUT2D eigenvalue weighted by molar-refractivity contribution is 7.20. The number of hydrogen-bond acceptors (Lipinski definition) is 6. The fourth-order valence-corrected chi connectivity index (χ4v) is 3.61. The maximum atomic E-state index is 13.0. The third-order valence-electron chi connectivity index (χ3n) is 4.04. The van der Waals surface area contributed by atoms with E-state index in [9.17, 15) is 41.3 Å². The highest BCUT2D eigenvalue weighted by Crippen LogP contribution is 2.38. The summed E-state index contributed by atoms with van der Waals surface area (Å²) in [5.74, 6) is -1.16. The Morgan fingerprint density at radius 2 is 1.78 bits per heavy atom. The number of non-ortho nitro benzene ring substituents is 1. The van der Waals surface area contributed by atoms with Gasteiger partial charge in [-0.05, 0) is 30.2 Å². The minimum atomic E-state index is -4.83. The van der Waals surface area contributed by atoms with Crippen LogP contribution in [0.1, 0.15) is 20.9 Å². The molecule has 170 valence electrons. The summed E-state index contributed by atoms with van der Waals surface area (Å²) in [6.45, 7) is 0.0319. The number of halogens is 6. The van der Waals surface area contributed by atoms with E-state index in [-0.39, 0.29) is 28.2 Å². The second-order valence-electron chi connectivity index (χ2n) is 6.32. The molecule has 0 aliphatic carbocycles. The molecule has 0 bridgehead atoms. The first kappa shape index (κ1) is 23.2. The third kappa shape index (κ3) is 5.63. The van der Waals surface area contributed by atoms with Crippen LogP contribution in [0.5, 0.6) is 5.75 Å². The number of rotatable bonds is 6. The molecule has 1 amide bonds. The molecule has 0 spiro atoms. The Balaban J connectivity index is 1.69. The van der Waals surface area contributed by atoms with E-state index >= 15 is 0 Å². The fourth-order valence-electron chi connectivity index (χ4n) is 2.67. The lowest BCUT2D eigenvalue weighted by molar-refractivity contribution is -0.383. The van der Waals surface area contributed by atoms with Crippen molar-refractivity contribution in [3.63, 3.8) is 0 Å². The lowest BCUT2D eigenvalue weighted by Crippen LogP contribution is -2.25. The Morgan fingerprint density at radius 3 is 2.34 bits per heavy atom. The summed E-state index contributed by atoms with van der Waals surface area (Å²) in [7, 11) is 0. The van der Waals surface area contributed by atoms with Crippen LogP contribution in [0.25, 0.3) is 10.2 Å². The van der Waals surface area contributed by atoms with E-state index in [1.807, 2.05) is 0 Å². The number of thiazole rings is 1. The molecule has 3 aromatic rings. The maximum absolute atomic E-state index is 13.0. The summed E-state index contributed by atoms with van der Waals surface area (Å²) in [6.07, 6.45) is -9.42. The van der Waals surface area contributed by atoms with Crippen LogP contribution < -0.4 is 10.1 Å². The number of carbonyl (C=O) groups excluding carboxylic acids is 1. The number of nitrogens with zero attached hydrogens (tertiary/aromatic N) is 2. The second-order valence-corrected chi connectivity index (χ2v) is 7.31. The summed E-state index contributed by atoms with van der Waals surface area (Å²) in [4.78, 5) is 26.2. The molecular weight excluding hydrogens is 468 g/mol. The number of nitro groups is 1. The van der Waals surface area contributed by atoms with Gasteiger partial charge in [-0.1, -0.05) is 12.1 Å². The molecule has 0 saturated carbocycles. The van der Waals surface area contributed by atoms with Crippen molar-refractivity contribution in [2.45, 2.75) is 19.0 Å². The summed E-state index contributed by atoms with van der Waals surface area (Å²) in [5.41, 5.74) is -1.82. The number of fused-ring (bicyclic) bond motifs is 1.